The van der Waals surface area contributed by atoms with E-state index >= 15 is 0 Å². The van der Waals surface area contributed by atoms with Crippen LogP contribution in [0, 0.1) is 5.82 Å². The van der Waals surface area contributed by atoms with Crippen molar-refractivity contribution < 1.29 is 17.9 Å². The third kappa shape index (κ3) is 2.79. The smallest absolute Gasteiger partial charge is 0.388 e. The van der Waals surface area contributed by atoms with Crippen LogP contribution in [0.2, 0.25) is 0 Å². The highest BCUT2D eigenvalue weighted by molar-refractivity contribution is 5.85. The quantitative estimate of drug-likeness (QED) is 0.730. The van der Waals surface area contributed by atoms with Gasteiger partial charge in [0.2, 0.25) is 5.88 Å². The lowest BCUT2D eigenvalue weighted by atomic mass is 10.2. The molecule has 106 valence electrons. The first-order valence-corrected chi connectivity index (χ1v) is 6.11. The van der Waals surface area contributed by atoms with Crippen molar-refractivity contribution in [2.45, 2.75) is 6.61 Å². The summed E-state index contributed by atoms with van der Waals surface area (Å²) in [6.07, 6.45) is 0. The molecule has 21 heavy (non-hydrogen) atoms. The van der Waals surface area contributed by atoms with Gasteiger partial charge >= 0.3 is 6.61 Å². The number of nitrogens with zero attached hydrogens (tertiary/aromatic N) is 2. The standard InChI is InChI=1S/C15H9F3N2O/c16-10-7-5-9(6-8-10)13-19-12-4-2-1-3-11(12)14(20-13)21-15(17)18/h1-8,15H. The van der Waals surface area contributed by atoms with E-state index in [0.29, 0.717) is 16.5 Å². The Morgan fingerprint density at radius 2 is 1.62 bits per heavy atom. The Kier molecular flexibility index (Phi) is 3.43. The maximum absolute atomic E-state index is 12.9. The van der Waals surface area contributed by atoms with Crippen molar-refractivity contribution >= 4 is 10.9 Å². The molecular formula is C15H9F3N2O. The summed E-state index contributed by atoms with van der Waals surface area (Å²) in [5, 5.41) is 0.392. The van der Waals surface area contributed by atoms with Crippen LogP contribution in [0.5, 0.6) is 5.88 Å². The van der Waals surface area contributed by atoms with E-state index in [2.05, 4.69) is 14.7 Å². The van der Waals surface area contributed by atoms with Gasteiger partial charge in [0.1, 0.15) is 5.82 Å². The van der Waals surface area contributed by atoms with Crippen LogP contribution in [-0.2, 0) is 0 Å². The fourth-order valence-electron chi connectivity index (χ4n) is 1.95. The molecule has 3 aromatic rings. The Morgan fingerprint density at radius 3 is 2.33 bits per heavy atom. The molecule has 0 radical (unpaired) electrons. The van der Waals surface area contributed by atoms with Crippen LogP contribution in [0.15, 0.2) is 48.5 Å². The van der Waals surface area contributed by atoms with E-state index in [1.807, 2.05) is 0 Å². The first-order valence-electron chi connectivity index (χ1n) is 6.11. The highest BCUT2D eigenvalue weighted by Crippen LogP contribution is 2.27. The number of hydrogen-bond donors (Lipinski definition) is 0. The summed E-state index contributed by atoms with van der Waals surface area (Å²) in [7, 11) is 0. The zero-order chi connectivity index (χ0) is 14.8. The van der Waals surface area contributed by atoms with Crippen molar-refractivity contribution in [1.29, 1.82) is 0 Å². The monoisotopic (exact) mass is 290 g/mol. The lowest BCUT2D eigenvalue weighted by Gasteiger charge is -2.09. The van der Waals surface area contributed by atoms with Crippen LogP contribution >= 0.6 is 0 Å². The molecule has 0 aliphatic heterocycles. The lowest BCUT2D eigenvalue weighted by Crippen LogP contribution is -2.05. The predicted molar refractivity (Wildman–Crippen MR) is 71.6 cm³/mol. The van der Waals surface area contributed by atoms with Crippen molar-refractivity contribution in [2.24, 2.45) is 0 Å². The minimum atomic E-state index is -2.98. The van der Waals surface area contributed by atoms with E-state index in [1.165, 1.54) is 24.3 Å². The van der Waals surface area contributed by atoms with Crippen molar-refractivity contribution in [3.05, 3.63) is 54.3 Å². The van der Waals surface area contributed by atoms with Gasteiger partial charge in [-0.15, -0.1) is 0 Å². The van der Waals surface area contributed by atoms with Crippen molar-refractivity contribution in [1.82, 2.24) is 9.97 Å². The Bertz CT molecular complexity index is 775. The maximum Gasteiger partial charge on any atom is 0.388 e. The molecule has 0 N–H and O–H groups in total. The van der Waals surface area contributed by atoms with E-state index in [9.17, 15) is 13.2 Å². The van der Waals surface area contributed by atoms with Crippen LogP contribution in [0.1, 0.15) is 0 Å². The summed E-state index contributed by atoms with van der Waals surface area (Å²) in [6, 6.07) is 12.1. The van der Waals surface area contributed by atoms with Gasteiger partial charge in [-0.1, -0.05) is 12.1 Å². The number of para-hydroxylation sites is 1. The Balaban J connectivity index is 2.17. The van der Waals surface area contributed by atoms with E-state index in [-0.39, 0.29) is 11.7 Å². The molecule has 0 aliphatic rings. The average molecular weight is 290 g/mol. The summed E-state index contributed by atoms with van der Waals surface area (Å²) >= 11 is 0. The molecule has 0 amide bonds. The molecule has 0 saturated carbocycles. The Labute approximate surface area is 118 Å². The van der Waals surface area contributed by atoms with Gasteiger partial charge in [-0.05, 0) is 36.4 Å². The van der Waals surface area contributed by atoms with Gasteiger partial charge in [-0.3, -0.25) is 0 Å². The molecule has 1 heterocycles. The summed E-state index contributed by atoms with van der Waals surface area (Å²) in [5.41, 5.74) is 0.990. The largest absolute Gasteiger partial charge is 0.416 e. The fraction of sp³-hybridized carbons (Fsp3) is 0.0667. The minimum Gasteiger partial charge on any atom is -0.416 e. The number of benzene rings is 2. The van der Waals surface area contributed by atoms with Crippen molar-refractivity contribution in [3.63, 3.8) is 0 Å². The van der Waals surface area contributed by atoms with Crippen LogP contribution in [0.4, 0.5) is 13.2 Å². The zero-order valence-electron chi connectivity index (χ0n) is 10.6. The van der Waals surface area contributed by atoms with Gasteiger partial charge in [0.15, 0.2) is 5.82 Å². The topological polar surface area (TPSA) is 35.0 Å². The van der Waals surface area contributed by atoms with E-state index in [0.717, 1.165) is 0 Å². The summed E-state index contributed by atoms with van der Waals surface area (Å²) in [6.45, 7) is -2.98. The van der Waals surface area contributed by atoms with Crippen LogP contribution in [0.25, 0.3) is 22.3 Å². The number of ether oxygens (including phenoxy) is 1. The number of alkyl halides is 2. The second-order valence-electron chi connectivity index (χ2n) is 4.25. The molecule has 0 fully saturated rings. The molecule has 0 unspecified atom stereocenters. The SMILES string of the molecule is Fc1ccc(-c2nc(OC(F)F)c3ccccc3n2)cc1. The highest BCUT2D eigenvalue weighted by Gasteiger charge is 2.13. The Morgan fingerprint density at radius 1 is 0.905 bits per heavy atom. The molecular weight excluding hydrogens is 281 g/mol. The molecule has 0 bridgehead atoms. The van der Waals surface area contributed by atoms with Gasteiger partial charge in [-0.2, -0.15) is 13.8 Å². The number of aromatic nitrogens is 2. The second kappa shape index (κ2) is 5.40. The summed E-state index contributed by atoms with van der Waals surface area (Å²) in [4.78, 5) is 8.29. The normalized spacial score (nSPS) is 11.0. The molecule has 3 rings (SSSR count). The number of halogens is 3. The van der Waals surface area contributed by atoms with Crippen LogP contribution < -0.4 is 4.74 Å². The van der Waals surface area contributed by atoms with Gasteiger partial charge in [0, 0.05) is 5.56 Å². The molecule has 0 saturated heterocycles. The molecule has 2 aromatic carbocycles. The highest BCUT2D eigenvalue weighted by atomic mass is 19.3. The van der Waals surface area contributed by atoms with E-state index in [4.69, 9.17) is 0 Å². The molecule has 0 atom stereocenters. The molecule has 3 nitrogen and oxygen atoms in total. The van der Waals surface area contributed by atoms with E-state index in [1.54, 1.807) is 24.3 Å². The second-order valence-corrected chi connectivity index (χ2v) is 4.25. The van der Waals surface area contributed by atoms with Crippen LogP contribution in [0.3, 0.4) is 0 Å². The zero-order valence-corrected chi connectivity index (χ0v) is 10.6. The molecule has 1 aromatic heterocycles. The Hall–Kier alpha value is -2.63. The summed E-state index contributed by atoms with van der Waals surface area (Å²) < 4.78 is 42.4. The first kappa shape index (κ1) is 13.4. The van der Waals surface area contributed by atoms with Crippen molar-refractivity contribution in [2.75, 3.05) is 0 Å². The number of hydrogen-bond acceptors (Lipinski definition) is 3. The summed E-state index contributed by atoms with van der Waals surface area (Å²) in [5.74, 6) is -0.400. The predicted octanol–water partition coefficient (Wildman–Crippen LogP) is 4.04. The molecule has 6 heteroatoms. The number of rotatable bonds is 3. The van der Waals surface area contributed by atoms with Crippen molar-refractivity contribution in [3.8, 4) is 17.3 Å². The average Bonchev–Trinajstić information content (AvgIpc) is 2.47. The molecule has 0 spiro atoms. The molecule has 0 aliphatic carbocycles. The van der Waals surface area contributed by atoms with Gasteiger partial charge in [0.05, 0.1) is 10.9 Å². The van der Waals surface area contributed by atoms with Gasteiger partial charge in [-0.25, -0.2) is 9.37 Å². The maximum atomic E-state index is 12.9. The van der Waals surface area contributed by atoms with Gasteiger partial charge < -0.3 is 4.74 Å². The van der Waals surface area contributed by atoms with Crippen LogP contribution in [-0.4, -0.2) is 16.6 Å². The third-order valence-electron chi connectivity index (χ3n) is 2.87. The number of fused-ring (bicyclic) bond motifs is 1. The third-order valence-corrected chi connectivity index (χ3v) is 2.87. The first-order chi connectivity index (χ1) is 10.1. The fourth-order valence-corrected chi connectivity index (χ4v) is 1.95. The van der Waals surface area contributed by atoms with Gasteiger partial charge in [0.25, 0.3) is 0 Å². The lowest BCUT2D eigenvalue weighted by molar-refractivity contribution is -0.0516. The van der Waals surface area contributed by atoms with E-state index < -0.39 is 12.4 Å². The minimum absolute atomic E-state index is 0.198.